The number of thioether (sulfide) groups is 1. The number of rotatable bonds is 6. The van der Waals surface area contributed by atoms with E-state index in [-0.39, 0.29) is 0 Å². The van der Waals surface area contributed by atoms with E-state index in [0.29, 0.717) is 23.6 Å². The van der Waals surface area contributed by atoms with E-state index in [2.05, 4.69) is 20.3 Å². The standard InChI is InChI=1S/C21H17N5O3S/c1-28-15-6-7-16-13(8-20(27)29-19(16)9-15)10-26-11-14(24-25-26)12-30-21-22-17-4-2-3-5-18(17)23-21/h2-9,11H,10,12H2,1H3,(H,22,23). The minimum absolute atomic E-state index is 0.411. The van der Waals surface area contributed by atoms with Crippen LogP contribution in [0, 0.1) is 0 Å². The Labute approximate surface area is 174 Å². The third-order valence-electron chi connectivity index (χ3n) is 4.68. The number of imidazole rings is 1. The summed E-state index contributed by atoms with van der Waals surface area (Å²) < 4.78 is 12.2. The monoisotopic (exact) mass is 419 g/mol. The lowest BCUT2D eigenvalue weighted by Gasteiger charge is -2.06. The Balaban J connectivity index is 1.34. The van der Waals surface area contributed by atoms with Gasteiger partial charge >= 0.3 is 5.63 Å². The van der Waals surface area contributed by atoms with Gasteiger partial charge in [-0.25, -0.2) is 14.5 Å². The normalized spacial score (nSPS) is 11.4. The number of benzene rings is 2. The number of aromatic amines is 1. The molecule has 0 aliphatic carbocycles. The second kappa shape index (κ2) is 7.68. The van der Waals surface area contributed by atoms with Crippen LogP contribution in [-0.4, -0.2) is 32.1 Å². The van der Waals surface area contributed by atoms with Crippen LogP contribution in [0.3, 0.4) is 0 Å². The summed E-state index contributed by atoms with van der Waals surface area (Å²) in [4.78, 5) is 19.8. The van der Waals surface area contributed by atoms with Gasteiger partial charge in [-0.05, 0) is 29.8 Å². The van der Waals surface area contributed by atoms with E-state index in [0.717, 1.165) is 32.8 Å². The molecule has 150 valence electrons. The Bertz CT molecular complexity index is 1370. The quantitative estimate of drug-likeness (QED) is 0.332. The Hall–Kier alpha value is -3.59. The van der Waals surface area contributed by atoms with Gasteiger partial charge < -0.3 is 14.1 Å². The van der Waals surface area contributed by atoms with Crippen molar-refractivity contribution in [2.24, 2.45) is 0 Å². The van der Waals surface area contributed by atoms with Gasteiger partial charge in [-0.3, -0.25) is 0 Å². The van der Waals surface area contributed by atoms with Gasteiger partial charge in [-0.15, -0.1) is 5.10 Å². The molecule has 30 heavy (non-hydrogen) atoms. The van der Waals surface area contributed by atoms with Crippen molar-refractivity contribution in [1.29, 1.82) is 0 Å². The fraction of sp³-hybridized carbons (Fsp3) is 0.143. The van der Waals surface area contributed by atoms with Crippen molar-refractivity contribution in [3.8, 4) is 5.75 Å². The molecule has 0 spiro atoms. The Morgan fingerprint density at radius 2 is 2.10 bits per heavy atom. The Morgan fingerprint density at radius 1 is 1.20 bits per heavy atom. The number of fused-ring (bicyclic) bond motifs is 2. The third kappa shape index (κ3) is 3.67. The number of nitrogens with zero attached hydrogens (tertiary/aromatic N) is 4. The predicted octanol–water partition coefficient (Wildman–Crippen LogP) is 3.61. The molecular weight excluding hydrogens is 402 g/mol. The number of para-hydroxylation sites is 2. The lowest BCUT2D eigenvalue weighted by Crippen LogP contribution is -2.06. The van der Waals surface area contributed by atoms with Crippen LogP contribution in [0.1, 0.15) is 11.3 Å². The van der Waals surface area contributed by atoms with Crippen LogP contribution in [-0.2, 0) is 12.3 Å². The van der Waals surface area contributed by atoms with Gasteiger partial charge in [0.2, 0.25) is 0 Å². The molecular formula is C21H17N5O3S. The van der Waals surface area contributed by atoms with Gasteiger partial charge in [0.1, 0.15) is 11.3 Å². The van der Waals surface area contributed by atoms with Crippen molar-refractivity contribution >= 4 is 33.8 Å². The second-order valence-corrected chi connectivity index (χ2v) is 7.67. The number of H-pyrrole nitrogens is 1. The number of nitrogens with one attached hydrogen (secondary N) is 1. The zero-order valence-electron chi connectivity index (χ0n) is 16.0. The summed E-state index contributed by atoms with van der Waals surface area (Å²) in [5, 5.41) is 10.1. The third-order valence-corrected chi connectivity index (χ3v) is 5.59. The van der Waals surface area contributed by atoms with E-state index in [9.17, 15) is 4.79 Å². The minimum atomic E-state index is -0.411. The smallest absolute Gasteiger partial charge is 0.336 e. The second-order valence-electron chi connectivity index (χ2n) is 6.71. The number of methoxy groups -OCH3 is 1. The van der Waals surface area contributed by atoms with Crippen molar-refractivity contribution in [3.05, 3.63) is 76.4 Å². The van der Waals surface area contributed by atoms with Crippen LogP contribution < -0.4 is 10.4 Å². The Kier molecular flexibility index (Phi) is 4.72. The number of ether oxygens (including phenoxy) is 1. The highest BCUT2D eigenvalue weighted by molar-refractivity contribution is 7.98. The molecule has 0 amide bonds. The SMILES string of the molecule is COc1ccc2c(Cn3cc(CSc4nc5ccccc5[nH]4)nn3)cc(=O)oc2c1. The first-order valence-corrected chi connectivity index (χ1v) is 10.2. The van der Waals surface area contributed by atoms with E-state index in [1.165, 1.54) is 6.07 Å². The fourth-order valence-electron chi connectivity index (χ4n) is 3.26. The maximum atomic E-state index is 12.0. The molecule has 3 aromatic heterocycles. The van der Waals surface area contributed by atoms with E-state index in [1.54, 1.807) is 29.6 Å². The van der Waals surface area contributed by atoms with Gasteiger partial charge in [-0.1, -0.05) is 29.1 Å². The van der Waals surface area contributed by atoms with Crippen LogP contribution >= 0.6 is 11.8 Å². The largest absolute Gasteiger partial charge is 0.497 e. The zero-order valence-corrected chi connectivity index (χ0v) is 16.8. The van der Waals surface area contributed by atoms with Gasteiger partial charge in [0.25, 0.3) is 0 Å². The highest BCUT2D eigenvalue weighted by Crippen LogP contribution is 2.24. The molecule has 8 nitrogen and oxygen atoms in total. The molecule has 5 aromatic rings. The first kappa shape index (κ1) is 18.4. The van der Waals surface area contributed by atoms with Crippen LogP contribution in [0.25, 0.3) is 22.0 Å². The van der Waals surface area contributed by atoms with Gasteiger partial charge in [0, 0.05) is 29.5 Å². The van der Waals surface area contributed by atoms with Crippen LogP contribution in [0.4, 0.5) is 0 Å². The van der Waals surface area contributed by atoms with E-state index >= 15 is 0 Å². The number of aromatic nitrogens is 5. The van der Waals surface area contributed by atoms with Crippen molar-refractivity contribution in [2.45, 2.75) is 17.5 Å². The summed E-state index contributed by atoms with van der Waals surface area (Å²) >= 11 is 1.57. The summed E-state index contributed by atoms with van der Waals surface area (Å²) in [6.07, 6.45) is 1.87. The lowest BCUT2D eigenvalue weighted by molar-refractivity contribution is 0.414. The first-order chi connectivity index (χ1) is 14.7. The number of hydrogen-bond donors (Lipinski definition) is 1. The van der Waals surface area contributed by atoms with Crippen LogP contribution in [0.2, 0.25) is 0 Å². The molecule has 2 aromatic carbocycles. The van der Waals surface area contributed by atoms with Crippen LogP contribution in [0.15, 0.2) is 69.1 Å². The maximum absolute atomic E-state index is 12.0. The molecule has 0 atom stereocenters. The predicted molar refractivity (Wildman–Crippen MR) is 114 cm³/mol. The topological polar surface area (TPSA) is 98.8 Å². The van der Waals surface area contributed by atoms with E-state index in [1.807, 2.05) is 42.6 Å². The van der Waals surface area contributed by atoms with Gasteiger partial charge in [0.15, 0.2) is 5.16 Å². The molecule has 0 saturated carbocycles. The molecule has 0 aliphatic heterocycles. The highest BCUT2D eigenvalue weighted by Gasteiger charge is 2.10. The van der Waals surface area contributed by atoms with Crippen molar-refractivity contribution in [2.75, 3.05) is 7.11 Å². The lowest BCUT2D eigenvalue weighted by atomic mass is 10.1. The number of hydrogen-bond acceptors (Lipinski definition) is 7. The average molecular weight is 419 g/mol. The van der Waals surface area contributed by atoms with Crippen molar-refractivity contribution in [1.82, 2.24) is 25.0 Å². The van der Waals surface area contributed by atoms with Gasteiger partial charge in [0.05, 0.1) is 30.4 Å². The highest BCUT2D eigenvalue weighted by atomic mass is 32.2. The fourth-order valence-corrected chi connectivity index (χ4v) is 4.03. The zero-order chi connectivity index (χ0) is 20.5. The molecule has 0 radical (unpaired) electrons. The average Bonchev–Trinajstić information content (AvgIpc) is 3.37. The minimum Gasteiger partial charge on any atom is -0.497 e. The summed E-state index contributed by atoms with van der Waals surface area (Å²) in [5.41, 5.74) is 3.66. The van der Waals surface area contributed by atoms with Crippen molar-refractivity contribution in [3.63, 3.8) is 0 Å². The summed E-state index contributed by atoms with van der Waals surface area (Å²) in [6.45, 7) is 0.413. The van der Waals surface area contributed by atoms with E-state index in [4.69, 9.17) is 9.15 Å². The molecule has 0 unspecified atom stereocenters. The molecule has 0 saturated heterocycles. The molecule has 1 N–H and O–H groups in total. The summed E-state index contributed by atoms with van der Waals surface area (Å²) in [5.74, 6) is 1.27. The molecule has 5 rings (SSSR count). The molecule has 0 aliphatic rings. The van der Waals surface area contributed by atoms with Gasteiger partial charge in [-0.2, -0.15) is 0 Å². The van der Waals surface area contributed by atoms with Crippen LogP contribution in [0.5, 0.6) is 5.75 Å². The Morgan fingerprint density at radius 3 is 2.97 bits per heavy atom. The maximum Gasteiger partial charge on any atom is 0.336 e. The van der Waals surface area contributed by atoms with Crippen molar-refractivity contribution < 1.29 is 9.15 Å². The molecule has 9 heteroatoms. The molecule has 3 heterocycles. The summed E-state index contributed by atoms with van der Waals surface area (Å²) in [7, 11) is 1.57. The molecule has 0 bridgehead atoms. The summed E-state index contributed by atoms with van der Waals surface area (Å²) in [6, 6.07) is 14.8. The first-order valence-electron chi connectivity index (χ1n) is 9.25. The molecule has 0 fully saturated rings. The van der Waals surface area contributed by atoms with E-state index < -0.39 is 5.63 Å².